The fourth-order valence-electron chi connectivity index (χ4n) is 2.74. The van der Waals surface area contributed by atoms with Gasteiger partial charge < -0.3 is 9.26 Å². The van der Waals surface area contributed by atoms with Gasteiger partial charge in [-0.2, -0.15) is 4.98 Å². The van der Waals surface area contributed by atoms with Gasteiger partial charge in [-0.1, -0.05) is 59.2 Å². The summed E-state index contributed by atoms with van der Waals surface area (Å²) < 4.78 is 11.3. The molecule has 0 fully saturated rings. The largest absolute Gasteiger partial charge is 0.488 e. The molecule has 0 radical (unpaired) electrons. The van der Waals surface area contributed by atoms with Crippen LogP contribution in [0, 0.1) is 10.1 Å². The molecule has 4 rings (SSSR count). The van der Waals surface area contributed by atoms with E-state index in [1.165, 1.54) is 12.1 Å². The highest BCUT2D eigenvalue weighted by atomic mass is 35.5. The molecule has 29 heavy (non-hydrogen) atoms. The Kier molecular flexibility index (Phi) is 5.22. The van der Waals surface area contributed by atoms with Gasteiger partial charge in [-0.05, 0) is 23.8 Å². The Bertz CT molecular complexity index is 1160. The van der Waals surface area contributed by atoms with E-state index in [4.69, 9.17) is 20.9 Å². The molecule has 0 N–H and O–H groups in total. The van der Waals surface area contributed by atoms with Gasteiger partial charge in [0.2, 0.25) is 5.82 Å². The van der Waals surface area contributed by atoms with Crippen LogP contribution < -0.4 is 4.74 Å². The third-order valence-corrected chi connectivity index (χ3v) is 4.39. The molecular formula is C21H14ClN3O4. The quantitative estimate of drug-likeness (QED) is 0.307. The van der Waals surface area contributed by atoms with Gasteiger partial charge in [0.05, 0.1) is 10.5 Å². The van der Waals surface area contributed by atoms with Crippen molar-refractivity contribution in [3.8, 4) is 28.6 Å². The number of benzene rings is 3. The molecule has 0 bridgehead atoms. The van der Waals surface area contributed by atoms with Crippen molar-refractivity contribution in [2.24, 2.45) is 0 Å². The summed E-state index contributed by atoms with van der Waals surface area (Å²) in [5.74, 6) is 0.974. The SMILES string of the molecule is O=[N+]([O-])c1cccc(-c2noc(-c3cc(Cl)ccc3OCc3ccccc3)n2)c1. The predicted molar refractivity (Wildman–Crippen MR) is 108 cm³/mol. The van der Waals surface area contributed by atoms with Crippen molar-refractivity contribution in [3.63, 3.8) is 0 Å². The van der Waals surface area contributed by atoms with E-state index in [1.54, 1.807) is 30.3 Å². The molecule has 3 aromatic carbocycles. The zero-order chi connectivity index (χ0) is 20.2. The highest BCUT2D eigenvalue weighted by Gasteiger charge is 2.17. The first-order valence-corrected chi connectivity index (χ1v) is 9.03. The lowest BCUT2D eigenvalue weighted by Gasteiger charge is -2.09. The number of hydrogen-bond donors (Lipinski definition) is 0. The maximum Gasteiger partial charge on any atom is 0.270 e. The molecular weight excluding hydrogens is 394 g/mol. The van der Waals surface area contributed by atoms with Crippen molar-refractivity contribution in [1.82, 2.24) is 10.1 Å². The molecule has 0 unspecified atom stereocenters. The fraction of sp³-hybridized carbons (Fsp3) is 0.0476. The van der Waals surface area contributed by atoms with Gasteiger partial charge in [0.15, 0.2) is 0 Å². The topological polar surface area (TPSA) is 91.3 Å². The van der Waals surface area contributed by atoms with Crippen molar-refractivity contribution < 1.29 is 14.2 Å². The highest BCUT2D eigenvalue weighted by Crippen LogP contribution is 2.33. The maximum atomic E-state index is 11.0. The van der Waals surface area contributed by atoms with Crippen LogP contribution in [0.2, 0.25) is 5.02 Å². The van der Waals surface area contributed by atoms with Crippen LogP contribution in [-0.2, 0) is 6.61 Å². The van der Waals surface area contributed by atoms with Crippen molar-refractivity contribution >= 4 is 17.3 Å². The average molecular weight is 408 g/mol. The number of nitro groups is 1. The van der Waals surface area contributed by atoms with E-state index in [1.807, 2.05) is 30.3 Å². The summed E-state index contributed by atoms with van der Waals surface area (Å²) in [5, 5.41) is 15.4. The van der Waals surface area contributed by atoms with Gasteiger partial charge in [0, 0.05) is 22.7 Å². The first kappa shape index (κ1) is 18.6. The van der Waals surface area contributed by atoms with E-state index < -0.39 is 4.92 Å². The lowest BCUT2D eigenvalue weighted by Crippen LogP contribution is -1.97. The Hall–Kier alpha value is -3.71. The smallest absolute Gasteiger partial charge is 0.270 e. The molecule has 0 saturated heterocycles. The monoisotopic (exact) mass is 407 g/mol. The normalized spacial score (nSPS) is 10.7. The van der Waals surface area contributed by atoms with Crippen molar-refractivity contribution in [2.45, 2.75) is 6.61 Å². The minimum atomic E-state index is -0.475. The van der Waals surface area contributed by atoms with Crippen molar-refractivity contribution in [2.75, 3.05) is 0 Å². The second-order valence-corrected chi connectivity index (χ2v) is 6.58. The number of nitrogens with zero attached hydrogens (tertiary/aromatic N) is 3. The zero-order valence-corrected chi connectivity index (χ0v) is 15.7. The van der Waals surface area contributed by atoms with Gasteiger partial charge in [-0.25, -0.2) is 0 Å². The molecule has 0 spiro atoms. The third-order valence-electron chi connectivity index (χ3n) is 4.15. The van der Waals surface area contributed by atoms with Gasteiger partial charge >= 0.3 is 0 Å². The molecule has 0 saturated carbocycles. The number of hydrogen-bond acceptors (Lipinski definition) is 6. The van der Waals surface area contributed by atoms with E-state index in [0.29, 0.717) is 28.5 Å². The van der Waals surface area contributed by atoms with Crippen LogP contribution in [0.4, 0.5) is 5.69 Å². The summed E-state index contributed by atoms with van der Waals surface area (Å²) in [4.78, 5) is 14.9. The summed E-state index contributed by atoms with van der Waals surface area (Å²) in [6.45, 7) is 0.362. The Morgan fingerprint density at radius 3 is 2.66 bits per heavy atom. The van der Waals surface area contributed by atoms with Gasteiger partial charge in [0.25, 0.3) is 11.6 Å². The number of halogens is 1. The highest BCUT2D eigenvalue weighted by molar-refractivity contribution is 6.30. The minimum Gasteiger partial charge on any atom is -0.488 e. The Labute approximate surface area is 170 Å². The van der Waals surface area contributed by atoms with Crippen LogP contribution in [0.5, 0.6) is 5.75 Å². The van der Waals surface area contributed by atoms with Crippen molar-refractivity contribution in [3.05, 3.63) is 93.5 Å². The Morgan fingerprint density at radius 2 is 1.86 bits per heavy atom. The van der Waals surface area contributed by atoms with Gasteiger partial charge in [-0.15, -0.1) is 0 Å². The van der Waals surface area contributed by atoms with E-state index in [0.717, 1.165) is 5.56 Å². The molecule has 1 heterocycles. The molecule has 1 aromatic heterocycles. The van der Waals surface area contributed by atoms with Crippen LogP contribution in [0.3, 0.4) is 0 Å². The summed E-state index contributed by atoms with van der Waals surface area (Å²) in [6, 6.07) is 20.9. The predicted octanol–water partition coefficient (Wildman–Crippen LogP) is 5.54. The molecule has 0 amide bonds. The van der Waals surface area contributed by atoms with Gasteiger partial charge in [-0.3, -0.25) is 10.1 Å². The molecule has 8 heteroatoms. The van der Waals surface area contributed by atoms with Crippen LogP contribution in [-0.4, -0.2) is 15.1 Å². The number of ether oxygens (including phenoxy) is 1. The molecule has 144 valence electrons. The summed E-state index contributed by atoms with van der Waals surface area (Å²) in [5.41, 5.74) is 1.97. The third kappa shape index (κ3) is 4.25. The Balaban J connectivity index is 1.64. The van der Waals surface area contributed by atoms with E-state index >= 15 is 0 Å². The summed E-state index contributed by atoms with van der Waals surface area (Å²) in [6.07, 6.45) is 0. The molecule has 0 aliphatic rings. The van der Waals surface area contributed by atoms with Crippen LogP contribution in [0.15, 0.2) is 77.3 Å². The number of rotatable bonds is 6. The van der Waals surface area contributed by atoms with Crippen LogP contribution >= 0.6 is 11.6 Å². The van der Waals surface area contributed by atoms with E-state index in [-0.39, 0.29) is 17.4 Å². The van der Waals surface area contributed by atoms with E-state index in [9.17, 15) is 10.1 Å². The standard InChI is InChI=1S/C21H14ClN3O4/c22-16-9-10-19(28-13-14-5-2-1-3-6-14)18(12-16)21-23-20(24-29-21)15-7-4-8-17(11-15)25(26)27/h1-12H,13H2. The molecule has 4 aromatic rings. The lowest BCUT2D eigenvalue weighted by molar-refractivity contribution is -0.384. The maximum absolute atomic E-state index is 11.0. The lowest BCUT2D eigenvalue weighted by atomic mass is 10.2. The van der Waals surface area contributed by atoms with Crippen LogP contribution in [0.25, 0.3) is 22.8 Å². The molecule has 0 aliphatic carbocycles. The average Bonchev–Trinajstić information content (AvgIpc) is 3.24. The minimum absolute atomic E-state index is 0.0523. The second kappa shape index (κ2) is 8.12. The number of aromatic nitrogens is 2. The zero-order valence-electron chi connectivity index (χ0n) is 15.0. The van der Waals surface area contributed by atoms with Gasteiger partial charge in [0.1, 0.15) is 12.4 Å². The molecule has 7 nitrogen and oxygen atoms in total. The fourth-order valence-corrected chi connectivity index (χ4v) is 2.91. The molecule has 0 aliphatic heterocycles. The summed E-state index contributed by atoms with van der Waals surface area (Å²) >= 11 is 6.14. The molecule has 0 atom stereocenters. The van der Waals surface area contributed by atoms with Crippen LogP contribution in [0.1, 0.15) is 5.56 Å². The summed E-state index contributed by atoms with van der Waals surface area (Å²) in [7, 11) is 0. The second-order valence-electron chi connectivity index (χ2n) is 6.15. The first-order chi connectivity index (χ1) is 14.1. The van der Waals surface area contributed by atoms with Crippen molar-refractivity contribution in [1.29, 1.82) is 0 Å². The van der Waals surface area contributed by atoms with E-state index in [2.05, 4.69) is 10.1 Å². The Morgan fingerprint density at radius 1 is 1.03 bits per heavy atom. The first-order valence-electron chi connectivity index (χ1n) is 8.65. The number of non-ortho nitro benzene ring substituents is 1. The number of nitro benzene ring substituents is 1.